The van der Waals surface area contributed by atoms with Crippen LogP contribution in [0.4, 0.5) is 0 Å². The first kappa shape index (κ1) is 11.4. The first-order valence-electron chi connectivity index (χ1n) is 4.10. The number of rotatable bonds is 4. The Bertz CT molecular complexity index is 499. The highest BCUT2D eigenvalue weighted by atomic mass is 32.2. The van der Waals surface area contributed by atoms with Gasteiger partial charge in [-0.15, -0.1) is 11.3 Å². The van der Waals surface area contributed by atoms with E-state index in [1.165, 1.54) is 11.3 Å². The molecule has 14 heavy (non-hydrogen) atoms. The van der Waals surface area contributed by atoms with Crippen LogP contribution in [0, 0.1) is 0 Å². The third-order valence-corrected chi connectivity index (χ3v) is 3.49. The Morgan fingerprint density at radius 1 is 1.43 bits per heavy atom. The molecule has 0 unspecified atom stereocenters. The summed E-state index contributed by atoms with van der Waals surface area (Å²) < 4.78 is 31.2. The maximum atomic E-state index is 10.4. The third-order valence-electron chi connectivity index (χ3n) is 1.80. The largest absolute Gasteiger partial charge is 0.286 e. The second-order valence-corrected chi connectivity index (χ2v) is 5.84. The molecule has 0 aromatic carbocycles. The molecule has 0 saturated carbocycles. The molecule has 0 aliphatic rings. The van der Waals surface area contributed by atoms with Gasteiger partial charge in [0.2, 0.25) is 0 Å². The van der Waals surface area contributed by atoms with E-state index < -0.39 is 10.1 Å². The van der Waals surface area contributed by atoms with Gasteiger partial charge in [-0.05, 0) is 24.5 Å². The van der Waals surface area contributed by atoms with E-state index in [0.717, 1.165) is 14.6 Å². The monoisotopic (exact) mass is 232 g/mol. The van der Waals surface area contributed by atoms with Crippen LogP contribution in [0.2, 0.25) is 0 Å². The highest BCUT2D eigenvalue weighted by Gasteiger charge is 2.04. The summed E-state index contributed by atoms with van der Waals surface area (Å²) in [4.78, 5) is 0. The summed E-state index contributed by atoms with van der Waals surface area (Å²) in [6.07, 6.45) is 1.03. The quantitative estimate of drug-likeness (QED) is 0.764. The van der Waals surface area contributed by atoms with Crippen LogP contribution in [0.3, 0.4) is 0 Å². The van der Waals surface area contributed by atoms with Crippen LogP contribution < -0.4 is 9.06 Å². The molecule has 1 N–H and O–H groups in total. The normalized spacial score (nSPS) is 11.8. The summed E-state index contributed by atoms with van der Waals surface area (Å²) in [5.41, 5.74) is 1.02. The van der Waals surface area contributed by atoms with Crippen LogP contribution in [-0.4, -0.2) is 18.7 Å². The maximum absolute atomic E-state index is 10.4. The molecule has 5 heteroatoms. The molecule has 0 spiro atoms. The molecule has 0 bridgehead atoms. The van der Waals surface area contributed by atoms with E-state index in [4.69, 9.17) is 4.55 Å². The Balaban J connectivity index is 2.59. The lowest BCUT2D eigenvalue weighted by atomic mass is 10.2. The molecule has 3 nitrogen and oxygen atoms in total. The molecule has 0 radical (unpaired) electrons. The smallest absolute Gasteiger partial charge is 0.264 e. The molecule has 0 aliphatic carbocycles. The molecule has 0 fully saturated rings. The predicted octanol–water partition coefficient (Wildman–Crippen LogP) is 0.389. The van der Waals surface area contributed by atoms with E-state index in [9.17, 15) is 8.42 Å². The highest BCUT2D eigenvalue weighted by Crippen LogP contribution is 1.98. The Morgan fingerprint density at radius 2 is 2.07 bits per heavy atom. The topological polar surface area (TPSA) is 54.4 Å². The van der Waals surface area contributed by atoms with Gasteiger partial charge in [-0.3, -0.25) is 4.55 Å². The lowest BCUT2D eigenvalue weighted by Crippen LogP contribution is -2.07. The van der Waals surface area contributed by atoms with Gasteiger partial charge in [-0.25, -0.2) is 0 Å². The van der Waals surface area contributed by atoms with Crippen LogP contribution in [0.1, 0.15) is 12.0 Å². The van der Waals surface area contributed by atoms with E-state index in [0.29, 0.717) is 12.8 Å². The molecule has 0 atom stereocenters. The van der Waals surface area contributed by atoms with E-state index in [2.05, 4.69) is 13.2 Å². The van der Waals surface area contributed by atoms with Gasteiger partial charge in [0.15, 0.2) is 0 Å². The SMILES string of the molecule is C=c1cc(CCCS(=O)(=O)O)c(=C)s1. The number of hydrogen-bond donors (Lipinski definition) is 1. The summed E-state index contributed by atoms with van der Waals surface area (Å²) >= 11 is 1.49. The zero-order valence-corrected chi connectivity index (χ0v) is 9.33. The van der Waals surface area contributed by atoms with Gasteiger partial charge in [-0.2, -0.15) is 8.42 Å². The number of hydrogen-bond acceptors (Lipinski definition) is 3. The fourth-order valence-corrected chi connectivity index (χ4v) is 2.50. The van der Waals surface area contributed by atoms with Crippen molar-refractivity contribution in [3.05, 3.63) is 20.7 Å². The maximum Gasteiger partial charge on any atom is 0.264 e. The molecule has 1 heterocycles. The fourth-order valence-electron chi connectivity index (χ4n) is 1.18. The summed E-state index contributed by atoms with van der Waals surface area (Å²) in [6, 6.07) is 1.90. The van der Waals surface area contributed by atoms with Gasteiger partial charge in [0.1, 0.15) is 0 Å². The van der Waals surface area contributed by atoms with Crippen molar-refractivity contribution in [3.63, 3.8) is 0 Å². The molecule has 0 amide bonds. The van der Waals surface area contributed by atoms with Crippen molar-refractivity contribution >= 4 is 34.6 Å². The average molecular weight is 232 g/mol. The molecule has 0 saturated heterocycles. The van der Waals surface area contributed by atoms with Crippen molar-refractivity contribution in [2.24, 2.45) is 0 Å². The lowest BCUT2D eigenvalue weighted by molar-refractivity contribution is 0.481. The zero-order chi connectivity index (χ0) is 10.8. The Kier molecular flexibility index (Phi) is 3.47. The second kappa shape index (κ2) is 4.25. The Labute approximate surface area is 87.1 Å². The van der Waals surface area contributed by atoms with Gasteiger partial charge in [0, 0.05) is 9.06 Å². The van der Waals surface area contributed by atoms with Crippen molar-refractivity contribution < 1.29 is 13.0 Å². The minimum Gasteiger partial charge on any atom is -0.286 e. The van der Waals surface area contributed by atoms with Crippen LogP contribution in [0.15, 0.2) is 6.07 Å². The van der Waals surface area contributed by atoms with Gasteiger partial charge in [-0.1, -0.05) is 13.2 Å². The molecule has 1 aromatic rings. The van der Waals surface area contributed by atoms with Gasteiger partial charge < -0.3 is 0 Å². The van der Waals surface area contributed by atoms with Gasteiger partial charge >= 0.3 is 0 Å². The van der Waals surface area contributed by atoms with Crippen LogP contribution in [-0.2, 0) is 16.5 Å². The zero-order valence-electron chi connectivity index (χ0n) is 7.69. The second-order valence-electron chi connectivity index (χ2n) is 3.05. The minimum atomic E-state index is -3.83. The van der Waals surface area contributed by atoms with Crippen LogP contribution in [0.5, 0.6) is 0 Å². The van der Waals surface area contributed by atoms with Crippen LogP contribution >= 0.6 is 11.3 Å². The summed E-state index contributed by atoms with van der Waals surface area (Å²) in [6.45, 7) is 7.59. The van der Waals surface area contributed by atoms with Gasteiger partial charge in [0.05, 0.1) is 5.75 Å². The third kappa shape index (κ3) is 3.61. The lowest BCUT2D eigenvalue weighted by Gasteiger charge is -1.96. The first-order chi connectivity index (χ1) is 6.38. The van der Waals surface area contributed by atoms with E-state index >= 15 is 0 Å². The molecule has 1 rings (SSSR count). The number of thiophene rings is 1. The summed E-state index contributed by atoms with van der Waals surface area (Å²) in [5, 5.41) is 0. The van der Waals surface area contributed by atoms with Crippen molar-refractivity contribution in [2.75, 3.05) is 5.75 Å². The van der Waals surface area contributed by atoms with Crippen molar-refractivity contribution in [2.45, 2.75) is 12.8 Å². The summed E-state index contributed by atoms with van der Waals surface area (Å²) in [7, 11) is -3.83. The van der Waals surface area contributed by atoms with E-state index in [1.54, 1.807) is 0 Å². The van der Waals surface area contributed by atoms with Gasteiger partial charge in [0.25, 0.3) is 10.1 Å². The first-order valence-corrected chi connectivity index (χ1v) is 6.53. The van der Waals surface area contributed by atoms with Crippen LogP contribution in [0.25, 0.3) is 13.2 Å². The van der Waals surface area contributed by atoms with E-state index in [1.807, 2.05) is 6.07 Å². The van der Waals surface area contributed by atoms with E-state index in [-0.39, 0.29) is 5.75 Å². The van der Waals surface area contributed by atoms with Crippen molar-refractivity contribution in [1.29, 1.82) is 0 Å². The fraction of sp³-hybridized carbons (Fsp3) is 0.333. The number of aryl methyl sites for hydroxylation is 1. The molecule has 78 valence electrons. The van der Waals surface area contributed by atoms with Crippen molar-refractivity contribution in [3.8, 4) is 0 Å². The minimum absolute atomic E-state index is 0.200. The standard InChI is InChI=1S/C9H12O3S2/c1-7-6-9(8(2)13-7)4-3-5-14(10,11)12/h6H,1-5H2,(H,10,11,12). The summed E-state index contributed by atoms with van der Waals surface area (Å²) in [5.74, 6) is -0.200. The molecule has 1 aromatic heterocycles. The highest BCUT2D eigenvalue weighted by molar-refractivity contribution is 7.85. The average Bonchev–Trinajstić information content (AvgIpc) is 2.27. The predicted molar refractivity (Wildman–Crippen MR) is 59.3 cm³/mol. The molecular weight excluding hydrogens is 220 g/mol. The Morgan fingerprint density at radius 3 is 2.50 bits per heavy atom. The van der Waals surface area contributed by atoms with Crippen molar-refractivity contribution in [1.82, 2.24) is 0 Å². The Hall–Kier alpha value is -0.650. The molecular formula is C9H12O3S2. The molecule has 0 aliphatic heterocycles.